The van der Waals surface area contributed by atoms with Gasteiger partial charge in [0.2, 0.25) is 10.0 Å². The smallest absolute Gasteiger partial charge is 0.243 e. The van der Waals surface area contributed by atoms with Gasteiger partial charge in [-0.15, -0.1) is 0 Å². The van der Waals surface area contributed by atoms with Gasteiger partial charge in [0.1, 0.15) is 5.75 Å². The molecule has 5 nitrogen and oxygen atoms in total. The summed E-state index contributed by atoms with van der Waals surface area (Å²) in [6.45, 7) is 1.71. The quantitative estimate of drug-likeness (QED) is 0.887. The lowest BCUT2D eigenvalue weighted by atomic mass is 10.1. The van der Waals surface area contributed by atoms with Crippen LogP contribution in [0, 0.1) is 0 Å². The third kappa shape index (κ3) is 3.16. The van der Waals surface area contributed by atoms with Crippen LogP contribution in [-0.2, 0) is 10.0 Å². The summed E-state index contributed by atoms with van der Waals surface area (Å²) in [7, 11) is -0.310. The number of rotatable bonds is 4. The average molecular weight is 363 g/mol. The first-order chi connectivity index (χ1) is 9.46. The molecule has 0 saturated carbocycles. The zero-order valence-electron chi connectivity index (χ0n) is 11.6. The van der Waals surface area contributed by atoms with Crippen molar-refractivity contribution in [2.75, 3.05) is 27.2 Å². The highest BCUT2D eigenvalue weighted by Crippen LogP contribution is 2.29. The highest BCUT2D eigenvalue weighted by molar-refractivity contribution is 9.10. The Bertz CT molecular complexity index is 571. The first-order valence-electron chi connectivity index (χ1n) is 6.49. The maximum atomic E-state index is 12.6. The van der Waals surface area contributed by atoms with Crippen LogP contribution in [0.3, 0.4) is 0 Å². The molecule has 0 bridgehead atoms. The number of ether oxygens (including phenoxy) is 1. The second-order valence-electron chi connectivity index (χ2n) is 4.80. The van der Waals surface area contributed by atoms with E-state index in [2.05, 4.69) is 21.2 Å². The van der Waals surface area contributed by atoms with Gasteiger partial charge < -0.3 is 10.1 Å². The maximum Gasteiger partial charge on any atom is 0.243 e. The molecular weight excluding hydrogens is 344 g/mol. The second kappa shape index (κ2) is 6.43. The molecule has 0 radical (unpaired) electrons. The highest BCUT2D eigenvalue weighted by atomic mass is 79.9. The van der Waals surface area contributed by atoms with E-state index in [9.17, 15) is 8.42 Å². The van der Waals surface area contributed by atoms with E-state index >= 15 is 0 Å². The number of hydrogen-bond acceptors (Lipinski definition) is 4. The van der Waals surface area contributed by atoms with E-state index in [4.69, 9.17) is 4.74 Å². The number of benzene rings is 1. The molecule has 1 aromatic carbocycles. The summed E-state index contributed by atoms with van der Waals surface area (Å²) in [5, 5.41) is 3.24. The van der Waals surface area contributed by atoms with Crippen molar-refractivity contribution in [3.63, 3.8) is 0 Å². The molecule has 112 valence electrons. The summed E-state index contributed by atoms with van der Waals surface area (Å²) in [6, 6.07) is 4.90. The fourth-order valence-corrected chi connectivity index (χ4v) is 4.17. The molecule has 0 unspecified atom stereocenters. The van der Waals surface area contributed by atoms with E-state index in [0.717, 1.165) is 30.4 Å². The summed E-state index contributed by atoms with van der Waals surface area (Å²) in [5.74, 6) is 0.518. The summed E-state index contributed by atoms with van der Waals surface area (Å²) >= 11 is 3.33. The molecule has 1 aliphatic heterocycles. The molecule has 0 aliphatic carbocycles. The number of nitrogens with one attached hydrogen (secondary N) is 1. The van der Waals surface area contributed by atoms with E-state index in [-0.39, 0.29) is 10.9 Å². The van der Waals surface area contributed by atoms with Gasteiger partial charge >= 0.3 is 0 Å². The van der Waals surface area contributed by atoms with Gasteiger partial charge in [-0.25, -0.2) is 8.42 Å². The Morgan fingerprint density at radius 3 is 2.60 bits per heavy atom. The Balaban J connectivity index is 2.29. The summed E-state index contributed by atoms with van der Waals surface area (Å²) < 4.78 is 32.7. The maximum absolute atomic E-state index is 12.6. The fourth-order valence-electron chi connectivity index (χ4n) is 2.33. The number of hydrogen-bond donors (Lipinski definition) is 1. The minimum atomic E-state index is -3.48. The first-order valence-corrected chi connectivity index (χ1v) is 8.72. The lowest BCUT2D eigenvalue weighted by Crippen LogP contribution is -2.43. The van der Waals surface area contributed by atoms with E-state index in [1.165, 1.54) is 11.4 Å². The molecule has 7 heteroatoms. The van der Waals surface area contributed by atoms with Crippen LogP contribution in [0.1, 0.15) is 12.8 Å². The minimum Gasteiger partial charge on any atom is -0.496 e. The molecule has 1 saturated heterocycles. The number of halogens is 1. The van der Waals surface area contributed by atoms with Crippen molar-refractivity contribution >= 4 is 26.0 Å². The predicted octanol–water partition coefficient (Wildman–Crippen LogP) is 1.83. The molecule has 0 atom stereocenters. The zero-order valence-corrected chi connectivity index (χ0v) is 14.0. The van der Waals surface area contributed by atoms with Crippen LogP contribution < -0.4 is 10.1 Å². The Labute approximate surface area is 128 Å². The summed E-state index contributed by atoms with van der Waals surface area (Å²) in [6.07, 6.45) is 1.67. The first kappa shape index (κ1) is 15.8. The van der Waals surface area contributed by atoms with Crippen LogP contribution in [0.15, 0.2) is 27.6 Å². The van der Waals surface area contributed by atoms with Crippen molar-refractivity contribution in [2.24, 2.45) is 0 Å². The minimum absolute atomic E-state index is 0.0518. The van der Waals surface area contributed by atoms with Gasteiger partial charge in [0.05, 0.1) is 16.5 Å². The molecular formula is C13H19BrN2O3S. The highest BCUT2D eigenvalue weighted by Gasteiger charge is 2.29. The molecule has 1 aliphatic rings. The fraction of sp³-hybridized carbons (Fsp3) is 0.538. The Morgan fingerprint density at radius 2 is 2.00 bits per heavy atom. The Morgan fingerprint density at radius 1 is 1.35 bits per heavy atom. The van der Waals surface area contributed by atoms with Crippen LogP contribution >= 0.6 is 15.9 Å². The van der Waals surface area contributed by atoms with Crippen molar-refractivity contribution in [1.82, 2.24) is 9.62 Å². The van der Waals surface area contributed by atoms with Crippen LogP contribution in [-0.4, -0.2) is 46.0 Å². The number of methoxy groups -OCH3 is 1. The number of piperidine rings is 1. The van der Waals surface area contributed by atoms with Crippen LogP contribution in [0.2, 0.25) is 0 Å². The normalized spacial score (nSPS) is 17.4. The van der Waals surface area contributed by atoms with Crippen LogP contribution in [0.25, 0.3) is 0 Å². The van der Waals surface area contributed by atoms with Crippen molar-refractivity contribution in [1.29, 1.82) is 0 Å². The third-order valence-electron chi connectivity index (χ3n) is 3.62. The van der Waals surface area contributed by atoms with Gasteiger partial charge in [-0.3, -0.25) is 0 Å². The van der Waals surface area contributed by atoms with Gasteiger partial charge in [0.15, 0.2) is 0 Å². The summed E-state index contributed by atoms with van der Waals surface area (Å²) in [4.78, 5) is 0.263. The molecule has 0 amide bonds. The lowest BCUT2D eigenvalue weighted by Gasteiger charge is -2.30. The third-order valence-corrected chi connectivity index (χ3v) is 6.18. The van der Waals surface area contributed by atoms with E-state index < -0.39 is 10.0 Å². The number of nitrogens with zero attached hydrogens (tertiary/aromatic N) is 1. The van der Waals surface area contributed by atoms with Crippen LogP contribution in [0.4, 0.5) is 0 Å². The van der Waals surface area contributed by atoms with Gasteiger partial charge in [-0.1, -0.05) is 0 Å². The zero-order chi connectivity index (χ0) is 14.8. The topological polar surface area (TPSA) is 58.6 Å². The van der Waals surface area contributed by atoms with Gasteiger partial charge in [-0.05, 0) is 54.0 Å². The Hall–Kier alpha value is -0.630. The molecule has 2 rings (SSSR count). The standard InChI is InChI=1S/C13H19BrN2O3S/c1-16(10-5-7-15-8-6-10)20(17,18)11-3-4-12(14)13(9-11)19-2/h3-4,9-10,15H,5-8H2,1-2H3. The largest absolute Gasteiger partial charge is 0.496 e. The van der Waals surface area contributed by atoms with E-state index in [1.807, 2.05) is 0 Å². The average Bonchev–Trinajstić information content (AvgIpc) is 2.47. The SMILES string of the molecule is COc1cc(S(=O)(=O)N(C)C2CCNCC2)ccc1Br. The molecule has 1 heterocycles. The van der Waals surface area contributed by atoms with Gasteiger partial charge in [-0.2, -0.15) is 4.31 Å². The molecule has 1 fully saturated rings. The van der Waals surface area contributed by atoms with Crippen molar-refractivity contribution in [3.05, 3.63) is 22.7 Å². The van der Waals surface area contributed by atoms with Crippen molar-refractivity contribution < 1.29 is 13.2 Å². The molecule has 0 aromatic heterocycles. The van der Waals surface area contributed by atoms with E-state index in [0.29, 0.717) is 5.75 Å². The second-order valence-corrected chi connectivity index (χ2v) is 7.65. The molecule has 20 heavy (non-hydrogen) atoms. The predicted molar refractivity (Wildman–Crippen MR) is 81.5 cm³/mol. The van der Waals surface area contributed by atoms with Crippen LogP contribution in [0.5, 0.6) is 5.75 Å². The molecule has 1 N–H and O–H groups in total. The number of sulfonamides is 1. The molecule has 0 spiro atoms. The monoisotopic (exact) mass is 362 g/mol. The molecule has 1 aromatic rings. The van der Waals surface area contributed by atoms with E-state index in [1.54, 1.807) is 25.2 Å². The lowest BCUT2D eigenvalue weighted by molar-refractivity contribution is 0.296. The van der Waals surface area contributed by atoms with Gasteiger partial charge in [0, 0.05) is 19.2 Å². The van der Waals surface area contributed by atoms with Crippen molar-refractivity contribution in [2.45, 2.75) is 23.8 Å². The van der Waals surface area contributed by atoms with Crippen molar-refractivity contribution in [3.8, 4) is 5.75 Å². The Kier molecular flexibility index (Phi) is 5.06. The summed E-state index contributed by atoms with van der Waals surface area (Å²) in [5.41, 5.74) is 0. The van der Waals surface area contributed by atoms with Gasteiger partial charge in [0.25, 0.3) is 0 Å².